The van der Waals surface area contributed by atoms with Crippen LogP contribution < -0.4 is 15.2 Å². The van der Waals surface area contributed by atoms with Crippen molar-refractivity contribution in [2.75, 3.05) is 9.80 Å². The van der Waals surface area contributed by atoms with Gasteiger partial charge in [-0.2, -0.15) is 0 Å². The predicted octanol–water partition coefficient (Wildman–Crippen LogP) is 5.74. The van der Waals surface area contributed by atoms with E-state index in [1.54, 1.807) is 60.7 Å². The Bertz CT molecular complexity index is 2000. The average molecular weight is 581 g/mol. The lowest BCUT2D eigenvalue weighted by atomic mass is 9.84. The van der Waals surface area contributed by atoms with Crippen molar-refractivity contribution in [1.82, 2.24) is 10.2 Å². The van der Waals surface area contributed by atoms with Crippen LogP contribution in [0.2, 0.25) is 0 Å². The van der Waals surface area contributed by atoms with Gasteiger partial charge in [0.15, 0.2) is 11.0 Å². The molecule has 42 heavy (non-hydrogen) atoms. The van der Waals surface area contributed by atoms with Gasteiger partial charge >= 0.3 is 0 Å². The van der Waals surface area contributed by atoms with Gasteiger partial charge in [-0.1, -0.05) is 73.2 Å². The highest BCUT2D eigenvalue weighted by Gasteiger charge is 2.66. The normalized spacial score (nSPS) is 17.6. The van der Waals surface area contributed by atoms with Gasteiger partial charge in [-0.25, -0.2) is 4.39 Å². The van der Waals surface area contributed by atoms with Gasteiger partial charge < -0.3 is 9.32 Å². The number of carbonyl (C=O) groups is 2. The first-order valence-electron chi connectivity index (χ1n) is 13.6. The zero-order valence-electron chi connectivity index (χ0n) is 23.1. The summed E-state index contributed by atoms with van der Waals surface area (Å²) in [4.78, 5) is 46.3. The van der Waals surface area contributed by atoms with Crippen LogP contribution in [0, 0.1) is 18.7 Å². The molecule has 1 atom stereocenters. The van der Waals surface area contributed by atoms with Crippen molar-refractivity contribution in [2.45, 2.75) is 39.3 Å². The lowest BCUT2D eigenvalue weighted by Crippen LogP contribution is -2.53. The average Bonchev–Trinajstić information content (AvgIpc) is 3.59. The van der Waals surface area contributed by atoms with E-state index < -0.39 is 28.6 Å². The molecule has 1 unspecified atom stereocenters. The molecule has 8 nitrogen and oxygen atoms in total. The number of nitrogens with zero attached hydrogens (tertiary/aromatic N) is 4. The Morgan fingerprint density at radius 1 is 1.00 bits per heavy atom. The molecule has 3 aromatic carbocycles. The lowest BCUT2D eigenvalue weighted by molar-refractivity contribution is -0.121. The van der Waals surface area contributed by atoms with Gasteiger partial charge in [0.05, 0.1) is 23.2 Å². The molecule has 0 fully saturated rings. The number of halogens is 1. The molecule has 0 bridgehead atoms. The van der Waals surface area contributed by atoms with E-state index in [2.05, 4.69) is 10.2 Å². The Morgan fingerprint density at radius 3 is 2.55 bits per heavy atom. The number of anilines is 2. The third-order valence-corrected chi connectivity index (χ3v) is 8.73. The van der Waals surface area contributed by atoms with E-state index in [0.29, 0.717) is 28.2 Å². The Morgan fingerprint density at radius 2 is 1.76 bits per heavy atom. The van der Waals surface area contributed by atoms with Gasteiger partial charge in [-0.15, -0.1) is 10.2 Å². The van der Waals surface area contributed by atoms with Gasteiger partial charge in [-0.05, 0) is 37.1 Å². The van der Waals surface area contributed by atoms with Crippen LogP contribution in [-0.4, -0.2) is 22.0 Å². The minimum absolute atomic E-state index is 0.0697. The van der Waals surface area contributed by atoms with E-state index in [9.17, 15) is 18.8 Å². The van der Waals surface area contributed by atoms with Crippen molar-refractivity contribution < 1.29 is 18.4 Å². The topological polar surface area (TPSA) is 96.6 Å². The van der Waals surface area contributed by atoms with Crippen LogP contribution in [0.4, 0.5) is 15.2 Å². The summed E-state index contributed by atoms with van der Waals surface area (Å²) < 4.78 is 21.0. The first-order chi connectivity index (χ1) is 20.2. The molecule has 0 saturated heterocycles. The molecule has 0 radical (unpaired) electrons. The molecule has 210 valence electrons. The molecule has 5 aromatic rings. The number of para-hydroxylation sites is 1. The summed E-state index contributed by atoms with van der Waals surface area (Å²) >= 11 is 1.20. The maximum atomic E-state index is 14.9. The van der Waals surface area contributed by atoms with E-state index in [1.807, 2.05) is 20.8 Å². The van der Waals surface area contributed by atoms with Crippen LogP contribution in [-0.2, 0) is 23.3 Å². The minimum atomic E-state index is -1.92. The molecule has 1 spiro atoms. The second kappa shape index (κ2) is 9.42. The Hall–Kier alpha value is -4.70. The summed E-state index contributed by atoms with van der Waals surface area (Å²) in [6, 6.07) is 18.3. The molecule has 0 saturated carbocycles. The molecular formula is C32H25FN4O4S. The third-order valence-electron chi connectivity index (χ3n) is 7.80. The highest BCUT2D eigenvalue weighted by atomic mass is 32.1. The molecule has 2 aliphatic heterocycles. The lowest BCUT2D eigenvalue weighted by Gasteiger charge is -2.32. The van der Waals surface area contributed by atoms with Crippen molar-refractivity contribution in [3.63, 3.8) is 0 Å². The number of benzene rings is 3. The van der Waals surface area contributed by atoms with Crippen LogP contribution in [0.5, 0.6) is 0 Å². The zero-order valence-corrected chi connectivity index (χ0v) is 23.9. The standard InChI is InChI=1S/C32H25FN4O4S/c1-17(2)14-25-34-35-31(42-25)37-29(39)28-26(27(38)20-15-18(3)12-13-24(20)41-28)32(37)21-9-5-7-11-23(21)36(30(32)40)16-19-8-4-6-10-22(19)33/h4-13,15,17H,14,16H2,1-3H3. The van der Waals surface area contributed by atoms with Crippen molar-refractivity contribution in [2.24, 2.45) is 5.92 Å². The molecule has 10 heteroatoms. The predicted molar refractivity (Wildman–Crippen MR) is 157 cm³/mol. The number of aromatic nitrogens is 2. The molecule has 0 aliphatic carbocycles. The first kappa shape index (κ1) is 26.2. The molecular weight excluding hydrogens is 555 g/mol. The first-order valence-corrected chi connectivity index (χ1v) is 14.4. The number of carbonyl (C=O) groups excluding carboxylic acids is 2. The number of amides is 2. The second-order valence-electron chi connectivity index (χ2n) is 11.1. The molecule has 7 rings (SSSR count). The Labute approximate surface area is 244 Å². The molecule has 2 aliphatic rings. The Balaban J connectivity index is 1.54. The van der Waals surface area contributed by atoms with E-state index in [-0.39, 0.29) is 39.9 Å². The quantitative estimate of drug-likeness (QED) is 0.263. The van der Waals surface area contributed by atoms with Gasteiger partial charge in [0.1, 0.15) is 16.4 Å². The number of hydrogen-bond acceptors (Lipinski definition) is 7. The molecule has 0 N–H and O–H groups in total. The van der Waals surface area contributed by atoms with Crippen molar-refractivity contribution in [1.29, 1.82) is 0 Å². The summed E-state index contributed by atoms with van der Waals surface area (Å²) in [5.74, 6) is -1.63. The minimum Gasteiger partial charge on any atom is -0.450 e. The van der Waals surface area contributed by atoms with E-state index >= 15 is 0 Å². The van der Waals surface area contributed by atoms with Crippen molar-refractivity contribution >= 4 is 44.9 Å². The van der Waals surface area contributed by atoms with Gasteiger partial charge in [0, 0.05) is 17.5 Å². The summed E-state index contributed by atoms with van der Waals surface area (Å²) in [6.07, 6.45) is 0.629. The molecule has 2 aromatic heterocycles. The second-order valence-corrected chi connectivity index (χ2v) is 12.1. The largest absolute Gasteiger partial charge is 0.450 e. The van der Waals surface area contributed by atoms with Crippen molar-refractivity contribution in [3.8, 4) is 0 Å². The van der Waals surface area contributed by atoms with Crippen molar-refractivity contribution in [3.05, 3.63) is 116 Å². The summed E-state index contributed by atoms with van der Waals surface area (Å²) in [5, 5.41) is 9.80. The summed E-state index contributed by atoms with van der Waals surface area (Å²) in [7, 11) is 0. The fourth-order valence-electron chi connectivity index (χ4n) is 6.00. The van der Waals surface area contributed by atoms with Gasteiger partial charge in [0.25, 0.3) is 11.8 Å². The van der Waals surface area contributed by atoms with Crippen LogP contribution in [0.1, 0.15) is 51.7 Å². The van der Waals surface area contributed by atoms with Gasteiger partial charge in [-0.3, -0.25) is 19.3 Å². The highest BCUT2D eigenvalue weighted by molar-refractivity contribution is 7.15. The van der Waals surface area contributed by atoms with Crippen LogP contribution in [0.25, 0.3) is 11.0 Å². The van der Waals surface area contributed by atoms with E-state index in [0.717, 1.165) is 5.56 Å². The maximum Gasteiger partial charge on any atom is 0.297 e. The SMILES string of the molecule is Cc1ccc2oc3c(c(=O)c2c1)C1(C(=O)N(Cc2ccccc2F)c2ccccc21)N(c1nnc(CC(C)C)s1)C3=O. The van der Waals surface area contributed by atoms with Gasteiger partial charge in [0.2, 0.25) is 10.9 Å². The zero-order chi connectivity index (χ0) is 29.3. The fraction of sp³-hybridized carbons (Fsp3) is 0.219. The smallest absolute Gasteiger partial charge is 0.297 e. The Kier molecular flexibility index (Phi) is 5.88. The maximum absolute atomic E-state index is 14.9. The molecule has 4 heterocycles. The van der Waals surface area contributed by atoms with Crippen LogP contribution in [0.15, 0.2) is 75.9 Å². The van der Waals surface area contributed by atoms with E-state index in [4.69, 9.17) is 4.42 Å². The monoisotopic (exact) mass is 580 g/mol. The van der Waals surface area contributed by atoms with Crippen LogP contribution in [0.3, 0.4) is 0 Å². The fourth-order valence-corrected chi connectivity index (χ4v) is 7.10. The number of rotatable bonds is 5. The molecule has 2 amide bonds. The third kappa shape index (κ3) is 3.61. The number of hydrogen-bond donors (Lipinski definition) is 0. The summed E-state index contributed by atoms with van der Waals surface area (Å²) in [5.41, 5.74) is -0.216. The van der Waals surface area contributed by atoms with Crippen LogP contribution >= 0.6 is 11.3 Å². The number of aryl methyl sites for hydroxylation is 1. The summed E-state index contributed by atoms with van der Waals surface area (Å²) in [6.45, 7) is 5.84. The van der Waals surface area contributed by atoms with E-state index in [1.165, 1.54) is 27.2 Å². The highest BCUT2D eigenvalue weighted by Crippen LogP contribution is 2.54. The number of fused-ring (bicyclic) bond motifs is 5.